The molecule has 1 saturated carbocycles. The maximum atomic E-state index is 3.59. The van der Waals surface area contributed by atoms with Crippen molar-refractivity contribution in [3.63, 3.8) is 0 Å². The minimum absolute atomic E-state index is 0.751. The van der Waals surface area contributed by atoms with Gasteiger partial charge in [-0.3, -0.25) is 0 Å². The molecule has 1 aliphatic carbocycles. The molecule has 1 unspecified atom stereocenters. The molecule has 0 aliphatic heterocycles. The molecule has 0 amide bonds. The van der Waals surface area contributed by atoms with E-state index in [1.807, 2.05) is 0 Å². The highest BCUT2D eigenvalue weighted by molar-refractivity contribution is 4.87. The Hall–Kier alpha value is -0.0800. The van der Waals surface area contributed by atoms with Gasteiger partial charge in [0.25, 0.3) is 0 Å². The molecule has 0 aromatic heterocycles. The van der Waals surface area contributed by atoms with Gasteiger partial charge in [-0.05, 0) is 45.3 Å². The molecule has 0 saturated heterocycles. The zero-order chi connectivity index (χ0) is 9.68. The summed E-state index contributed by atoms with van der Waals surface area (Å²) in [6, 6.07) is 0.751. The number of rotatable bonds is 7. The molecule has 0 bridgehead atoms. The Morgan fingerprint density at radius 3 is 2.54 bits per heavy atom. The molecule has 13 heavy (non-hydrogen) atoms. The van der Waals surface area contributed by atoms with Crippen LogP contribution in [-0.4, -0.2) is 37.6 Å². The Kier molecular flexibility index (Phi) is 4.74. The van der Waals surface area contributed by atoms with Gasteiger partial charge in [-0.15, -0.1) is 0 Å². The zero-order valence-corrected chi connectivity index (χ0v) is 9.34. The number of hydrogen-bond acceptors (Lipinski definition) is 2. The van der Waals surface area contributed by atoms with Crippen LogP contribution in [-0.2, 0) is 0 Å². The van der Waals surface area contributed by atoms with Crippen molar-refractivity contribution in [3.8, 4) is 0 Å². The van der Waals surface area contributed by atoms with Crippen LogP contribution in [0.2, 0.25) is 0 Å². The van der Waals surface area contributed by atoms with E-state index in [2.05, 4.69) is 31.1 Å². The van der Waals surface area contributed by atoms with E-state index in [4.69, 9.17) is 0 Å². The highest BCUT2D eigenvalue weighted by atomic mass is 15.1. The molecule has 0 aromatic rings. The molecule has 1 N–H and O–H groups in total. The Morgan fingerprint density at radius 2 is 2.08 bits per heavy atom. The summed E-state index contributed by atoms with van der Waals surface area (Å²) in [4.78, 5) is 2.45. The lowest BCUT2D eigenvalue weighted by atomic mass is 10.1. The Morgan fingerprint density at radius 1 is 1.38 bits per heavy atom. The average molecular weight is 184 g/mol. The van der Waals surface area contributed by atoms with E-state index in [-0.39, 0.29) is 0 Å². The van der Waals surface area contributed by atoms with Gasteiger partial charge in [0.05, 0.1) is 0 Å². The number of likely N-dealkylation sites (N-methyl/N-ethyl adjacent to an activating group) is 2. The van der Waals surface area contributed by atoms with Gasteiger partial charge in [-0.2, -0.15) is 0 Å². The van der Waals surface area contributed by atoms with Crippen molar-refractivity contribution >= 4 is 0 Å². The van der Waals surface area contributed by atoms with Gasteiger partial charge >= 0.3 is 0 Å². The largest absolute Gasteiger partial charge is 0.313 e. The first-order chi connectivity index (χ1) is 6.27. The van der Waals surface area contributed by atoms with E-state index in [1.54, 1.807) is 0 Å². The molecule has 1 rings (SSSR count). The molecule has 0 heterocycles. The number of hydrogen-bond donors (Lipinski definition) is 1. The van der Waals surface area contributed by atoms with E-state index in [0.29, 0.717) is 0 Å². The fourth-order valence-electron chi connectivity index (χ4n) is 1.95. The lowest BCUT2D eigenvalue weighted by molar-refractivity contribution is 0.276. The normalized spacial score (nSPS) is 19.4. The molecular weight excluding hydrogens is 160 g/mol. The second kappa shape index (κ2) is 5.61. The summed E-state index contributed by atoms with van der Waals surface area (Å²) in [7, 11) is 2.23. The Bertz CT molecular complexity index is 132. The van der Waals surface area contributed by atoms with Gasteiger partial charge in [0.1, 0.15) is 0 Å². The van der Waals surface area contributed by atoms with Crippen LogP contribution >= 0.6 is 0 Å². The topological polar surface area (TPSA) is 15.3 Å². The third kappa shape index (κ3) is 4.10. The third-order valence-corrected chi connectivity index (χ3v) is 2.77. The summed E-state index contributed by atoms with van der Waals surface area (Å²) in [5.41, 5.74) is 0. The van der Waals surface area contributed by atoms with Crippen molar-refractivity contribution in [2.45, 2.75) is 39.2 Å². The summed E-state index contributed by atoms with van der Waals surface area (Å²) in [5.74, 6) is 0.972. The first-order valence-electron chi connectivity index (χ1n) is 5.69. The summed E-state index contributed by atoms with van der Waals surface area (Å²) in [6.45, 7) is 8.02. The van der Waals surface area contributed by atoms with Crippen LogP contribution in [0, 0.1) is 5.92 Å². The molecule has 1 fully saturated rings. The maximum absolute atomic E-state index is 3.59. The van der Waals surface area contributed by atoms with Crippen molar-refractivity contribution in [2.24, 2.45) is 5.92 Å². The Balaban J connectivity index is 2.20. The van der Waals surface area contributed by atoms with Gasteiger partial charge in [-0.25, -0.2) is 0 Å². The molecule has 78 valence electrons. The summed E-state index contributed by atoms with van der Waals surface area (Å²) >= 11 is 0. The molecule has 0 spiro atoms. The zero-order valence-electron chi connectivity index (χ0n) is 9.34. The fourth-order valence-corrected chi connectivity index (χ4v) is 1.95. The van der Waals surface area contributed by atoms with Gasteiger partial charge < -0.3 is 10.2 Å². The molecule has 2 nitrogen and oxygen atoms in total. The highest BCUT2D eigenvalue weighted by Gasteiger charge is 2.30. The first-order valence-corrected chi connectivity index (χ1v) is 5.69. The maximum Gasteiger partial charge on any atom is 0.0223 e. The van der Waals surface area contributed by atoms with E-state index < -0.39 is 0 Å². The monoisotopic (exact) mass is 184 g/mol. The van der Waals surface area contributed by atoms with Crippen LogP contribution in [0.25, 0.3) is 0 Å². The summed E-state index contributed by atoms with van der Waals surface area (Å²) in [5, 5.41) is 3.59. The van der Waals surface area contributed by atoms with E-state index in [1.165, 1.54) is 32.4 Å². The highest BCUT2D eigenvalue weighted by Crippen LogP contribution is 2.32. The van der Waals surface area contributed by atoms with Crippen molar-refractivity contribution in [1.82, 2.24) is 10.2 Å². The van der Waals surface area contributed by atoms with E-state index >= 15 is 0 Å². The minimum Gasteiger partial charge on any atom is -0.313 e. The van der Waals surface area contributed by atoms with Crippen LogP contribution in [0.4, 0.5) is 0 Å². The van der Waals surface area contributed by atoms with Crippen LogP contribution in [0.5, 0.6) is 0 Å². The second-order valence-electron chi connectivity index (χ2n) is 4.26. The molecule has 1 aliphatic rings. The van der Waals surface area contributed by atoms with Gasteiger partial charge in [-0.1, -0.05) is 13.8 Å². The summed E-state index contributed by atoms with van der Waals surface area (Å²) in [6.07, 6.45) is 4.15. The standard InChI is InChI=1S/C11H24N2/c1-4-8-13(3)9-11(12-5-2)10-6-7-10/h10-12H,4-9H2,1-3H3. The van der Waals surface area contributed by atoms with Crippen molar-refractivity contribution in [3.05, 3.63) is 0 Å². The van der Waals surface area contributed by atoms with Crippen LogP contribution in [0.15, 0.2) is 0 Å². The lowest BCUT2D eigenvalue weighted by Gasteiger charge is -2.24. The quantitative estimate of drug-likeness (QED) is 0.648. The first kappa shape index (κ1) is 11.0. The molecule has 2 heteroatoms. The second-order valence-corrected chi connectivity index (χ2v) is 4.26. The summed E-state index contributed by atoms with van der Waals surface area (Å²) < 4.78 is 0. The van der Waals surface area contributed by atoms with Gasteiger partial charge in [0.2, 0.25) is 0 Å². The SMILES string of the molecule is CCCN(C)CC(NCC)C1CC1. The van der Waals surface area contributed by atoms with Crippen LogP contribution in [0.1, 0.15) is 33.1 Å². The lowest BCUT2D eigenvalue weighted by Crippen LogP contribution is -2.41. The van der Waals surface area contributed by atoms with E-state index in [9.17, 15) is 0 Å². The predicted molar refractivity (Wildman–Crippen MR) is 58.0 cm³/mol. The smallest absolute Gasteiger partial charge is 0.0223 e. The number of nitrogens with zero attached hydrogens (tertiary/aromatic N) is 1. The van der Waals surface area contributed by atoms with Crippen molar-refractivity contribution < 1.29 is 0 Å². The van der Waals surface area contributed by atoms with Crippen molar-refractivity contribution in [1.29, 1.82) is 0 Å². The molecule has 1 atom stereocenters. The van der Waals surface area contributed by atoms with Gasteiger partial charge in [0, 0.05) is 12.6 Å². The van der Waals surface area contributed by atoms with Gasteiger partial charge in [0.15, 0.2) is 0 Å². The van der Waals surface area contributed by atoms with E-state index in [0.717, 1.165) is 18.5 Å². The van der Waals surface area contributed by atoms with Crippen LogP contribution in [0.3, 0.4) is 0 Å². The molecule has 0 aromatic carbocycles. The average Bonchev–Trinajstić information content (AvgIpc) is 2.86. The number of nitrogens with one attached hydrogen (secondary N) is 1. The van der Waals surface area contributed by atoms with Crippen molar-refractivity contribution in [2.75, 3.05) is 26.7 Å². The molecular formula is C11H24N2. The molecule has 0 radical (unpaired) electrons. The third-order valence-electron chi connectivity index (χ3n) is 2.77. The fraction of sp³-hybridized carbons (Fsp3) is 1.00. The predicted octanol–water partition coefficient (Wildman–Crippen LogP) is 1.72. The minimum atomic E-state index is 0.751. The van der Waals surface area contributed by atoms with Crippen LogP contribution < -0.4 is 5.32 Å². The Labute approximate surface area is 82.7 Å².